The number of amides is 1. The summed E-state index contributed by atoms with van der Waals surface area (Å²) in [4.78, 5) is 19.2. The molecule has 2 aliphatic heterocycles. The molecule has 0 saturated heterocycles. The zero-order chi connectivity index (χ0) is 30.4. The van der Waals surface area contributed by atoms with Crippen LogP contribution in [0.25, 0.3) is 0 Å². The van der Waals surface area contributed by atoms with Gasteiger partial charge in [-0.25, -0.2) is 0 Å². The van der Waals surface area contributed by atoms with Crippen molar-refractivity contribution < 1.29 is 9.53 Å². The van der Waals surface area contributed by atoms with Crippen LogP contribution in [0.15, 0.2) is 84.1 Å². The Morgan fingerprint density at radius 2 is 1.60 bits per heavy atom. The van der Waals surface area contributed by atoms with Crippen LogP contribution in [0.2, 0.25) is 0 Å². The summed E-state index contributed by atoms with van der Waals surface area (Å²) in [7, 11) is 0. The summed E-state index contributed by atoms with van der Waals surface area (Å²) in [6.45, 7) is 7.14. The van der Waals surface area contributed by atoms with Crippen molar-refractivity contribution in [1.82, 2.24) is 4.90 Å². The standard InChI is InChI=1S/C37H41N3O2S/c1-4-7-15-27-18-12-20-30(23-27)37-32-21-13-19-29(24-38)35(32)39(25-28-16-10-9-11-17-28)34(43)26-40(37)36(41)31(14-6-3)33(42-37)22-8-5-2/h9-13,16-21,23H,4-8,14-15,22,25-26H2,1-3H3. The molecule has 1 unspecified atom stereocenters. The molecule has 2 heterocycles. The fourth-order valence-electron chi connectivity index (χ4n) is 6.30. The molecule has 0 fully saturated rings. The van der Waals surface area contributed by atoms with Crippen LogP contribution in [-0.4, -0.2) is 22.3 Å². The molecule has 1 atom stereocenters. The first kappa shape index (κ1) is 30.5. The number of carbonyl (C=O) groups is 1. The lowest BCUT2D eigenvalue weighted by molar-refractivity contribution is -0.160. The minimum absolute atomic E-state index is 0.0320. The average molecular weight is 592 g/mol. The van der Waals surface area contributed by atoms with Crippen LogP contribution in [0.3, 0.4) is 0 Å². The van der Waals surface area contributed by atoms with Gasteiger partial charge in [-0.3, -0.25) is 9.69 Å². The summed E-state index contributed by atoms with van der Waals surface area (Å²) in [5.41, 5.74) is 4.63. The van der Waals surface area contributed by atoms with E-state index in [0.29, 0.717) is 35.6 Å². The Morgan fingerprint density at radius 1 is 0.884 bits per heavy atom. The molecular formula is C37H41N3O2S. The van der Waals surface area contributed by atoms with E-state index in [4.69, 9.17) is 17.0 Å². The maximum Gasteiger partial charge on any atom is 0.257 e. The van der Waals surface area contributed by atoms with Crippen molar-refractivity contribution in [2.75, 3.05) is 11.4 Å². The van der Waals surface area contributed by atoms with E-state index in [9.17, 15) is 10.1 Å². The summed E-state index contributed by atoms with van der Waals surface area (Å²) in [6, 6.07) is 26.8. The molecular weight excluding hydrogens is 550 g/mol. The Balaban J connectivity index is 1.82. The third-order valence-corrected chi connectivity index (χ3v) is 8.80. The molecule has 222 valence electrons. The highest BCUT2D eigenvalue weighted by Crippen LogP contribution is 2.51. The molecule has 1 amide bonds. The Bertz CT molecular complexity index is 1560. The molecule has 2 aliphatic rings. The number of hydrogen-bond acceptors (Lipinski definition) is 4. The quantitative estimate of drug-likeness (QED) is 0.209. The molecule has 0 aliphatic carbocycles. The first-order valence-electron chi connectivity index (χ1n) is 15.7. The largest absolute Gasteiger partial charge is 0.463 e. The van der Waals surface area contributed by atoms with Crippen LogP contribution in [0, 0.1) is 11.3 Å². The zero-order valence-electron chi connectivity index (χ0n) is 25.6. The Morgan fingerprint density at radius 3 is 2.33 bits per heavy atom. The minimum atomic E-state index is -1.27. The van der Waals surface area contributed by atoms with Crippen molar-refractivity contribution in [3.05, 3.63) is 112 Å². The fraction of sp³-hybridized carbons (Fsp3) is 0.378. The highest BCUT2D eigenvalue weighted by Gasteiger charge is 2.54. The maximum absolute atomic E-state index is 14.7. The molecule has 0 aromatic heterocycles. The molecule has 5 rings (SSSR count). The minimum Gasteiger partial charge on any atom is -0.463 e. The lowest BCUT2D eigenvalue weighted by atomic mass is 9.86. The first-order valence-corrected chi connectivity index (χ1v) is 16.1. The van der Waals surface area contributed by atoms with Crippen molar-refractivity contribution in [2.45, 2.75) is 84.4 Å². The van der Waals surface area contributed by atoms with Gasteiger partial charge in [-0.1, -0.05) is 113 Å². The molecule has 6 heteroatoms. The van der Waals surface area contributed by atoms with Gasteiger partial charge < -0.3 is 9.64 Å². The van der Waals surface area contributed by atoms with Gasteiger partial charge in [0, 0.05) is 24.1 Å². The Hall–Kier alpha value is -3.95. The van der Waals surface area contributed by atoms with E-state index in [1.54, 1.807) is 0 Å². The molecule has 3 aromatic carbocycles. The van der Waals surface area contributed by atoms with E-state index in [0.717, 1.165) is 66.5 Å². The molecule has 3 aromatic rings. The van der Waals surface area contributed by atoms with E-state index in [2.05, 4.69) is 63.2 Å². The number of carbonyl (C=O) groups excluding carboxylic acids is 1. The predicted octanol–water partition coefficient (Wildman–Crippen LogP) is 8.55. The number of aryl methyl sites for hydroxylation is 1. The van der Waals surface area contributed by atoms with Crippen LogP contribution >= 0.6 is 12.2 Å². The average Bonchev–Trinajstić information content (AvgIpc) is 3.14. The molecule has 0 N–H and O–H groups in total. The number of benzene rings is 3. The number of ether oxygens (including phenoxy) is 1. The lowest BCUT2D eigenvalue weighted by Gasteiger charge is -2.48. The SMILES string of the molecule is CCCCC1=C(CCC)C(=O)N2CC(=S)N(Cc3ccccc3)c3c(C#N)cccc3C2(c2cccc(CCCC)c2)O1. The molecule has 0 spiro atoms. The number of allylic oxidation sites excluding steroid dienone is 1. The third kappa shape index (κ3) is 5.84. The topological polar surface area (TPSA) is 56.6 Å². The van der Waals surface area contributed by atoms with Gasteiger partial charge in [-0.2, -0.15) is 5.26 Å². The van der Waals surface area contributed by atoms with Crippen molar-refractivity contribution in [2.24, 2.45) is 0 Å². The van der Waals surface area contributed by atoms with Crippen LogP contribution in [0.1, 0.15) is 93.5 Å². The number of nitrogens with zero attached hydrogens (tertiary/aromatic N) is 3. The van der Waals surface area contributed by atoms with Gasteiger partial charge in [0.05, 0.1) is 23.4 Å². The van der Waals surface area contributed by atoms with Crippen molar-refractivity contribution in [1.29, 1.82) is 5.26 Å². The van der Waals surface area contributed by atoms with Crippen molar-refractivity contribution >= 4 is 28.8 Å². The van der Waals surface area contributed by atoms with Crippen LogP contribution in [0.4, 0.5) is 5.69 Å². The second-order valence-corrected chi connectivity index (χ2v) is 11.9. The van der Waals surface area contributed by atoms with E-state index in [-0.39, 0.29) is 12.5 Å². The molecule has 0 saturated carbocycles. The number of rotatable bonds is 11. The number of anilines is 1. The summed E-state index contributed by atoms with van der Waals surface area (Å²) >= 11 is 6.15. The van der Waals surface area contributed by atoms with E-state index in [1.807, 2.05) is 46.2 Å². The maximum atomic E-state index is 14.7. The second-order valence-electron chi connectivity index (χ2n) is 11.5. The number of thiocarbonyl (C=S) groups is 1. The lowest BCUT2D eigenvalue weighted by Crippen LogP contribution is -2.56. The second kappa shape index (κ2) is 13.6. The van der Waals surface area contributed by atoms with E-state index < -0.39 is 5.72 Å². The van der Waals surface area contributed by atoms with E-state index in [1.165, 1.54) is 5.56 Å². The third-order valence-electron chi connectivity index (χ3n) is 8.45. The summed E-state index contributed by atoms with van der Waals surface area (Å²) in [6.07, 6.45) is 7.20. The highest BCUT2D eigenvalue weighted by molar-refractivity contribution is 7.80. The number of para-hydroxylation sites is 1. The Labute approximate surface area is 261 Å². The number of hydrogen-bond donors (Lipinski definition) is 0. The predicted molar refractivity (Wildman–Crippen MR) is 176 cm³/mol. The molecule has 0 radical (unpaired) electrons. The number of nitriles is 1. The van der Waals surface area contributed by atoms with Gasteiger partial charge in [0.1, 0.15) is 16.8 Å². The van der Waals surface area contributed by atoms with Gasteiger partial charge in [0.2, 0.25) is 5.72 Å². The van der Waals surface area contributed by atoms with Crippen molar-refractivity contribution in [3.63, 3.8) is 0 Å². The fourth-order valence-corrected chi connectivity index (χ4v) is 6.59. The van der Waals surface area contributed by atoms with Gasteiger partial charge in [0.25, 0.3) is 5.91 Å². The highest BCUT2D eigenvalue weighted by atomic mass is 32.1. The number of fused-ring (bicyclic) bond motifs is 3. The zero-order valence-corrected chi connectivity index (χ0v) is 26.4. The Kier molecular flexibility index (Phi) is 9.62. The summed E-state index contributed by atoms with van der Waals surface area (Å²) in [5.74, 6) is 0.732. The van der Waals surface area contributed by atoms with Crippen LogP contribution < -0.4 is 4.90 Å². The van der Waals surface area contributed by atoms with Gasteiger partial charge in [-0.05, 0) is 48.9 Å². The van der Waals surface area contributed by atoms with Gasteiger partial charge in [0.15, 0.2) is 0 Å². The normalized spacial score (nSPS) is 18.1. The van der Waals surface area contributed by atoms with E-state index >= 15 is 0 Å². The monoisotopic (exact) mass is 591 g/mol. The summed E-state index contributed by atoms with van der Waals surface area (Å²) in [5, 5.41) is 10.4. The van der Waals surface area contributed by atoms with Gasteiger partial charge in [-0.15, -0.1) is 0 Å². The van der Waals surface area contributed by atoms with Crippen molar-refractivity contribution in [3.8, 4) is 6.07 Å². The van der Waals surface area contributed by atoms with Crippen LogP contribution in [-0.2, 0) is 28.2 Å². The first-order chi connectivity index (χ1) is 21.0. The smallest absolute Gasteiger partial charge is 0.257 e. The molecule has 0 bridgehead atoms. The molecule has 5 nitrogen and oxygen atoms in total. The number of unbranched alkanes of at least 4 members (excludes halogenated alkanes) is 2. The van der Waals surface area contributed by atoms with Gasteiger partial charge >= 0.3 is 0 Å². The molecule has 43 heavy (non-hydrogen) atoms. The van der Waals surface area contributed by atoms with Crippen LogP contribution in [0.5, 0.6) is 0 Å². The summed E-state index contributed by atoms with van der Waals surface area (Å²) < 4.78 is 7.30.